The van der Waals surface area contributed by atoms with Crippen LogP contribution in [0, 0.1) is 0 Å². The lowest BCUT2D eigenvalue weighted by atomic mass is 10.2. The Labute approximate surface area is 178 Å². The number of amides is 1. The van der Waals surface area contributed by atoms with E-state index in [1.54, 1.807) is 0 Å². The van der Waals surface area contributed by atoms with Crippen LogP contribution in [0.1, 0.15) is 10.4 Å². The smallest absolute Gasteiger partial charge is 0.338 e. The molecule has 2 aromatic rings. The molecule has 0 unspecified atom stereocenters. The lowest BCUT2D eigenvalue weighted by molar-refractivity contribution is -0.119. The van der Waals surface area contributed by atoms with Crippen molar-refractivity contribution in [1.29, 1.82) is 0 Å². The standard InChI is InChI=1S/C20H22ClNO8/c1-25-14-9-15(26-2)13(8-12(14)21)22-18(23)10-30-20(24)11-6-16(27-3)19(29-5)17(7-11)28-4/h6-9H,10H2,1-5H3,(H,22,23). The fraction of sp³-hybridized carbons (Fsp3) is 0.300. The second-order valence-electron chi connectivity index (χ2n) is 5.73. The Balaban J connectivity index is 2.10. The minimum atomic E-state index is -0.746. The fourth-order valence-electron chi connectivity index (χ4n) is 2.56. The summed E-state index contributed by atoms with van der Waals surface area (Å²) < 4.78 is 31.0. The zero-order valence-corrected chi connectivity index (χ0v) is 17.9. The molecular formula is C20H22ClNO8. The molecule has 0 fully saturated rings. The third-order valence-electron chi connectivity index (χ3n) is 3.98. The largest absolute Gasteiger partial charge is 0.495 e. The zero-order chi connectivity index (χ0) is 22.3. The van der Waals surface area contributed by atoms with E-state index >= 15 is 0 Å². The van der Waals surface area contributed by atoms with Gasteiger partial charge in [-0.1, -0.05) is 11.6 Å². The lowest BCUT2D eigenvalue weighted by Gasteiger charge is -2.14. The molecule has 0 aliphatic rings. The average Bonchev–Trinajstić information content (AvgIpc) is 2.76. The molecule has 0 saturated heterocycles. The topological polar surface area (TPSA) is 102 Å². The molecule has 0 saturated carbocycles. The van der Waals surface area contributed by atoms with E-state index in [1.807, 2.05) is 0 Å². The van der Waals surface area contributed by atoms with Crippen LogP contribution < -0.4 is 29.0 Å². The first-order valence-electron chi connectivity index (χ1n) is 8.56. The minimum absolute atomic E-state index is 0.127. The molecule has 0 spiro atoms. The number of benzene rings is 2. The molecule has 0 radical (unpaired) electrons. The molecule has 0 atom stereocenters. The number of methoxy groups -OCH3 is 5. The van der Waals surface area contributed by atoms with Crippen molar-refractivity contribution in [2.24, 2.45) is 0 Å². The number of carbonyl (C=O) groups is 2. The summed E-state index contributed by atoms with van der Waals surface area (Å²) in [7, 11) is 7.19. The normalized spacial score (nSPS) is 10.1. The van der Waals surface area contributed by atoms with Crippen molar-refractivity contribution in [1.82, 2.24) is 0 Å². The van der Waals surface area contributed by atoms with Crippen molar-refractivity contribution in [2.75, 3.05) is 47.5 Å². The van der Waals surface area contributed by atoms with Crippen LogP contribution in [0.2, 0.25) is 5.02 Å². The van der Waals surface area contributed by atoms with Crippen LogP contribution in [0.4, 0.5) is 5.69 Å². The van der Waals surface area contributed by atoms with Gasteiger partial charge in [0, 0.05) is 6.07 Å². The van der Waals surface area contributed by atoms with Crippen molar-refractivity contribution in [3.8, 4) is 28.7 Å². The fourth-order valence-corrected chi connectivity index (χ4v) is 2.80. The van der Waals surface area contributed by atoms with Crippen LogP contribution in [-0.2, 0) is 9.53 Å². The Hall–Kier alpha value is -3.33. The first kappa shape index (κ1) is 23.0. The number of hydrogen-bond acceptors (Lipinski definition) is 8. The van der Waals surface area contributed by atoms with E-state index < -0.39 is 18.5 Å². The Bertz CT molecular complexity index is 906. The van der Waals surface area contributed by atoms with Crippen molar-refractivity contribution in [3.63, 3.8) is 0 Å². The zero-order valence-electron chi connectivity index (χ0n) is 17.2. The number of anilines is 1. The first-order valence-corrected chi connectivity index (χ1v) is 8.94. The quantitative estimate of drug-likeness (QED) is 0.594. The summed E-state index contributed by atoms with van der Waals surface area (Å²) >= 11 is 6.08. The van der Waals surface area contributed by atoms with Crippen LogP contribution in [0.15, 0.2) is 24.3 Å². The van der Waals surface area contributed by atoms with Crippen LogP contribution in [0.25, 0.3) is 0 Å². The highest BCUT2D eigenvalue weighted by atomic mass is 35.5. The van der Waals surface area contributed by atoms with Crippen molar-refractivity contribution in [3.05, 3.63) is 34.9 Å². The third kappa shape index (κ3) is 5.18. The summed E-state index contributed by atoms with van der Waals surface area (Å²) in [4.78, 5) is 24.6. The number of rotatable bonds is 9. The molecule has 0 aliphatic carbocycles. The highest BCUT2D eigenvalue weighted by Gasteiger charge is 2.19. The Morgan fingerprint density at radius 2 is 1.37 bits per heavy atom. The van der Waals surface area contributed by atoms with Crippen molar-refractivity contribution in [2.45, 2.75) is 0 Å². The van der Waals surface area contributed by atoms with Gasteiger partial charge in [0.05, 0.1) is 51.8 Å². The molecule has 2 aromatic carbocycles. The molecule has 9 nitrogen and oxygen atoms in total. The second kappa shape index (κ2) is 10.4. The van der Waals surface area contributed by atoms with E-state index in [1.165, 1.54) is 59.8 Å². The van der Waals surface area contributed by atoms with Crippen molar-refractivity contribution >= 4 is 29.2 Å². The predicted octanol–water partition coefficient (Wildman–Crippen LogP) is 3.18. The Kier molecular flexibility index (Phi) is 7.99. The summed E-state index contributed by atoms with van der Waals surface area (Å²) in [6.07, 6.45) is 0. The van der Waals surface area contributed by atoms with Crippen LogP contribution >= 0.6 is 11.6 Å². The summed E-state index contributed by atoms with van der Waals surface area (Å²) in [6.45, 7) is -0.539. The molecule has 1 N–H and O–H groups in total. The van der Waals surface area contributed by atoms with Gasteiger partial charge in [0.2, 0.25) is 5.75 Å². The van der Waals surface area contributed by atoms with Gasteiger partial charge >= 0.3 is 5.97 Å². The second-order valence-corrected chi connectivity index (χ2v) is 6.13. The summed E-state index contributed by atoms with van der Waals surface area (Å²) in [6, 6.07) is 5.85. The number of ether oxygens (including phenoxy) is 6. The number of hydrogen-bond donors (Lipinski definition) is 1. The third-order valence-corrected chi connectivity index (χ3v) is 4.28. The van der Waals surface area contributed by atoms with E-state index in [0.29, 0.717) is 22.9 Å². The number of halogens is 1. The van der Waals surface area contributed by atoms with E-state index in [4.69, 9.17) is 40.0 Å². The number of carbonyl (C=O) groups excluding carboxylic acids is 2. The lowest BCUT2D eigenvalue weighted by Crippen LogP contribution is -2.21. The van der Waals surface area contributed by atoms with Gasteiger partial charge in [-0.05, 0) is 18.2 Å². The van der Waals surface area contributed by atoms with E-state index in [-0.39, 0.29) is 22.1 Å². The van der Waals surface area contributed by atoms with Gasteiger partial charge in [-0.15, -0.1) is 0 Å². The number of esters is 1. The van der Waals surface area contributed by atoms with Gasteiger partial charge in [-0.3, -0.25) is 4.79 Å². The van der Waals surface area contributed by atoms with E-state index in [0.717, 1.165) is 0 Å². The minimum Gasteiger partial charge on any atom is -0.495 e. The van der Waals surface area contributed by atoms with Gasteiger partial charge in [-0.25, -0.2) is 4.79 Å². The molecule has 0 heterocycles. The first-order chi connectivity index (χ1) is 14.4. The van der Waals surface area contributed by atoms with Gasteiger partial charge in [0.1, 0.15) is 11.5 Å². The molecule has 10 heteroatoms. The molecule has 0 bridgehead atoms. The maximum atomic E-state index is 12.4. The highest BCUT2D eigenvalue weighted by Crippen LogP contribution is 2.38. The SMILES string of the molecule is COc1cc(OC)c(NC(=O)COC(=O)c2cc(OC)c(OC)c(OC)c2)cc1Cl. The van der Waals surface area contributed by atoms with Gasteiger partial charge < -0.3 is 33.7 Å². The van der Waals surface area contributed by atoms with Crippen LogP contribution in [0.3, 0.4) is 0 Å². The molecule has 0 aliphatic heterocycles. The van der Waals surface area contributed by atoms with Crippen molar-refractivity contribution < 1.29 is 38.0 Å². The summed E-state index contributed by atoms with van der Waals surface area (Å²) in [5.41, 5.74) is 0.430. The van der Waals surface area contributed by atoms with E-state index in [2.05, 4.69) is 5.32 Å². The molecule has 1 amide bonds. The molecular weight excluding hydrogens is 418 g/mol. The van der Waals surface area contributed by atoms with Gasteiger partial charge in [0.25, 0.3) is 5.91 Å². The monoisotopic (exact) mass is 439 g/mol. The van der Waals surface area contributed by atoms with Gasteiger partial charge in [0.15, 0.2) is 18.1 Å². The number of nitrogens with one attached hydrogen (secondary N) is 1. The molecule has 2 rings (SSSR count). The Morgan fingerprint density at radius 3 is 1.87 bits per heavy atom. The summed E-state index contributed by atoms with van der Waals surface area (Å²) in [5.74, 6) is 0.287. The van der Waals surface area contributed by atoms with Gasteiger partial charge in [-0.2, -0.15) is 0 Å². The molecule has 30 heavy (non-hydrogen) atoms. The molecule has 0 aromatic heterocycles. The molecule has 162 valence electrons. The predicted molar refractivity (Wildman–Crippen MR) is 110 cm³/mol. The van der Waals surface area contributed by atoms with Crippen LogP contribution in [-0.4, -0.2) is 54.0 Å². The van der Waals surface area contributed by atoms with Crippen LogP contribution in [0.5, 0.6) is 28.7 Å². The van der Waals surface area contributed by atoms with E-state index in [9.17, 15) is 9.59 Å². The Morgan fingerprint density at radius 1 is 0.800 bits per heavy atom. The highest BCUT2D eigenvalue weighted by molar-refractivity contribution is 6.32. The summed E-state index contributed by atoms with van der Waals surface area (Å²) in [5, 5.41) is 2.85. The maximum Gasteiger partial charge on any atom is 0.338 e. The maximum absolute atomic E-state index is 12.4. The average molecular weight is 440 g/mol.